The van der Waals surface area contributed by atoms with Gasteiger partial charge in [-0.05, 0) is 38.0 Å². The second kappa shape index (κ2) is 8.63. The van der Waals surface area contributed by atoms with Gasteiger partial charge in [0.2, 0.25) is 0 Å². The standard InChI is InChI=1S/C22H24N4O5/c1-3-31-20-13-18(26(28)29)15(12-19(20)30-2)22(27)23-14-8-9-17-16(11-14)24-21-7-5-4-6-10-25(17)21/h8-9,11-13H,3-7,10H2,1-2H3,(H,23,27). The molecular weight excluding hydrogens is 400 g/mol. The van der Waals surface area contributed by atoms with Crippen LogP contribution >= 0.6 is 0 Å². The Hall–Kier alpha value is -3.62. The van der Waals surface area contributed by atoms with E-state index in [1.54, 1.807) is 19.1 Å². The van der Waals surface area contributed by atoms with Gasteiger partial charge in [-0.25, -0.2) is 4.98 Å². The summed E-state index contributed by atoms with van der Waals surface area (Å²) < 4.78 is 12.9. The molecule has 1 aliphatic heterocycles. The van der Waals surface area contributed by atoms with E-state index >= 15 is 0 Å². The average Bonchev–Trinajstić information content (AvgIpc) is 2.93. The minimum Gasteiger partial charge on any atom is -0.493 e. The maximum Gasteiger partial charge on any atom is 0.286 e. The number of anilines is 1. The number of amides is 1. The summed E-state index contributed by atoms with van der Waals surface area (Å²) in [6.45, 7) is 3.01. The number of carbonyl (C=O) groups excluding carboxylic acids is 1. The first-order chi connectivity index (χ1) is 15.0. The summed E-state index contributed by atoms with van der Waals surface area (Å²) in [5.41, 5.74) is 1.90. The third-order valence-electron chi connectivity index (χ3n) is 5.39. The molecule has 9 heteroatoms. The monoisotopic (exact) mass is 424 g/mol. The van der Waals surface area contributed by atoms with Crippen molar-refractivity contribution in [1.29, 1.82) is 0 Å². The number of methoxy groups -OCH3 is 1. The number of nitrogens with one attached hydrogen (secondary N) is 1. The fourth-order valence-electron chi connectivity index (χ4n) is 3.94. The van der Waals surface area contributed by atoms with Crippen molar-refractivity contribution in [2.45, 2.75) is 39.2 Å². The van der Waals surface area contributed by atoms with Crippen LogP contribution in [0, 0.1) is 10.1 Å². The van der Waals surface area contributed by atoms with Crippen molar-refractivity contribution < 1.29 is 19.2 Å². The van der Waals surface area contributed by atoms with E-state index in [-0.39, 0.29) is 22.7 Å². The molecule has 1 amide bonds. The maximum absolute atomic E-state index is 12.9. The van der Waals surface area contributed by atoms with Crippen molar-refractivity contribution in [3.63, 3.8) is 0 Å². The van der Waals surface area contributed by atoms with Crippen LogP contribution in [0.25, 0.3) is 11.0 Å². The maximum atomic E-state index is 12.9. The van der Waals surface area contributed by atoms with Crippen LogP contribution in [-0.4, -0.2) is 34.1 Å². The molecule has 0 saturated heterocycles. The van der Waals surface area contributed by atoms with E-state index in [0.717, 1.165) is 42.7 Å². The topological polar surface area (TPSA) is 109 Å². The molecule has 162 valence electrons. The van der Waals surface area contributed by atoms with Crippen molar-refractivity contribution in [2.75, 3.05) is 19.0 Å². The van der Waals surface area contributed by atoms with Crippen molar-refractivity contribution in [1.82, 2.24) is 9.55 Å². The number of nitro groups is 1. The van der Waals surface area contributed by atoms with Gasteiger partial charge >= 0.3 is 0 Å². The molecule has 1 N–H and O–H groups in total. The predicted octanol–water partition coefficient (Wildman–Crippen LogP) is 4.33. The van der Waals surface area contributed by atoms with E-state index in [2.05, 4.69) is 9.88 Å². The van der Waals surface area contributed by atoms with E-state index in [4.69, 9.17) is 14.5 Å². The number of imidazole rings is 1. The number of rotatable bonds is 6. The summed E-state index contributed by atoms with van der Waals surface area (Å²) in [7, 11) is 1.42. The Bertz CT molecular complexity index is 1150. The molecule has 2 aromatic carbocycles. The Morgan fingerprint density at radius 3 is 2.81 bits per heavy atom. The van der Waals surface area contributed by atoms with Gasteiger partial charge in [0.15, 0.2) is 11.5 Å². The summed E-state index contributed by atoms with van der Waals surface area (Å²) >= 11 is 0. The summed E-state index contributed by atoms with van der Waals surface area (Å²) in [5.74, 6) is 0.927. The Morgan fingerprint density at radius 1 is 1.23 bits per heavy atom. The first-order valence-electron chi connectivity index (χ1n) is 10.3. The number of hydrogen-bond acceptors (Lipinski definition) is 6. The van der Waals surface area contributed by atoms with Crippen LogP contribution in [0.5, 0.6) is 11.5 Å². The molecule has 0 saturated carbocycles. The predicted molar refractivity (Wildman–Crippen MR) is 116 cm³/mol. The van der Waals surface area contributed by atoms with Crippen LogP contribution in [0.3, 0.4) is 0 Å². The zero-order valence-corrected chi connectivity index (χ0v) is 17.5. The molecule has 1 aromatic heterocycles. The van der Waals surface area contributed by atoms with E-state index in [1.165, 1.54) is 25.7 Å². The summed E-state index contributed by atoms with van der Waals surface area (Å²) in [6.07, 6.45) is 4.38. The molecule has 9 nitrogen and oxygen atoms in total. The molecule has 0 unspecified atom stereocenters. The molecular formula is C22H24N4O5. The molecule has 0 radical (unpaired) electrons. The molecule has 0 bridgehead atoms. The van der Waals surface area contributed by atoms with Gasteiger partial charge in [0.1, 0.15) is 11.4 Å². The lowest BCUT2D eigenvalue weighted by atomic mass is 10.1. The molecule has 0 aliphatic carbocycles. The van der Waals surface area contributed by atoms with Crippen molar-refractivity contribution in [2.24, 2.45) is 0 Å². The number of nitrogens with zero attached hydrogens (tertiary/aromatic N) is 3. The average molecular weight is 424 g/mol. The number of aromatic nitrogens is 2. The van der Waals surface area contributed by atoms with Crippen molar-refractivity contribution >= 4 is 28.3 Å². The Balaban J connectivity index is 1.66. The molecule has 31 heavy (non-hydrogen) atoms. The van der Waals surface area contributed by atoms with Crippen LogP contribution in [0.2, 0.25) is 0 Å². The highest BCUT2D eigenvalue weighted by Gasteiger charge is 2.25. The molecule has 0 atom stereocenters. The highest BCUT2D eigenvalue weighted by molar-refractivity contribution is 6.08. The lowest BCUT2D eigenvalue weighted by molar-refractivity contribution is -0.385. The smallest absolute Gasteiger partial charge is 0.286 e. The normalized spacial score (nSPS) is 13.4. The van der Waals surface area contributed by atoms with Gasteiger partial charge in [0.05, 0.1) is 35.7 Å². The van der Waals surface area contributed by atoms with Gasteiger partial charge in [0.25, 0.3) is 11.6 Å². The SMILES string of the molecule is CCOc1cc([N+](=O)[O-])c(C(=O)Nc2ccc3c(c2)nc2n3CCCCC2)cc1OC. The number of carbonyl (C=O) groups is 1. The van der Waals surface area contributed by atoms with Crippen molar-refractivity contribution in [3.05, 3.63) is 51.8 Å². The van der Waals surface area contributed by atoms with Crippen LogP contribution < -0.4 is 14.8 Å². The highest BCUT2D eigenvalue weighted by Crippen LogP contribution is 2.35. The van der Waals surface area contributed by atoms with Gasteiger partial charge < -0.3 is 19.4 Å². The second-order valence-electron chi connectivity index (χ2n) is 7.36. The van der Waals surface area contributed by atoms with Gasteiger partial charge in [-0.1, -0.05) is 6.42 Å². The lowest BCUT2D eigenvalue weighted by Gasteiger charge is -2.12. The minimum absolute atomic E-state index is 0.106. The van der Waals surface area contributed by atoms with Gasteiger partial charge in [-0.15, -0.1) is 0 Å². The largest absolute Gasteiger partial charge is 0.493 e. The van der Waals surface area contributed by atoms with E-state index < -0.39 is 10.8 Å². The fourth-order valence-corrected chi connectivity index (χ4v) is 3.94. The second-order valence-corrected chi connectivity index (χ2v) is 7.36. The third-order valence-corrected chi connectivity index (χ3v) is 5.39. The molecule has 1 aliphatic rings. The van der Waals surface area contributed by atoms with Gasteiger partial charge in [-0.2, -0.15) is 0 Å². The number of benzene rings is 2. The first-order valence-corrected chi connectivity index (χ1v) is 10.3. The van der Waals surface area contributed by atoms with Crippen LogP contribution in [0.15, 0.2) is 30.3 Å². The zero-order valence-electron chi connectivity index (χ0n) is 17.5. The highest BCUT2D eigenvalue weighted by atomic mass is 16.6. The van der Waals surface area contributed by atoms with Gasteiger partial charge in [0, 0.05) is 24.7 Å². The van der Waals surface area contributed by atoms with Crippen molar-refractivity contribution in [3.8, 4) is 11.5 Å². The quantitative estimate of drug-likeness (QED) is 0.466. The minimum atomic E-state index is -0.605. The summed E-state index contributed by atoms with van der Waals surface area (Å²) in [5, 5.41) is 14.3. The summed E-state index contributed by atoms with van der Waals surface area (Å²) in [6, 6.07) is 8.06. The molecule has 4 rings (SSSR count). The lowest BCUT2D eigenvalue weighted by Crippen LogP contribution is -2.14. The number of ether oxygens (including phenoxy) is 2. The van der Waals surface area contributed by atoms with Crippen LogP contribution in [0.4, 0.5) is 11.4 Å². The van der Waals surface area contributed by atoms with E-state index in [0.29, 0.717) is 12.3 Å². The first kappa shape index (κ1) is 20.6. The number of fused-ring (bicyclic) bond motifs is 3. The van der Waals surface area contributed by atoms with E-state index in [9.17, 15) is 14.9 Å². The summed E-state index contributed by atoms with van der Waals surface area (Å²) in [4.78, 5) is 28.6. The van der Waals surface area contributed by atoms with Crippen LogP contribution in [0.1, 0.15) is 42.4 Å². The Morgan fingerprint density at radius 2 is 2.06 bits per heavy atom. The molecule has 3 aromatic rings. The molecule has 0 spiro atoms. The molecule has 0 fully saturated rings. The van der Waals surface area contributed by atoms with Gasteiger partial charge in [-0.3, -0.25) is 14.9 Å². The Kier molecular flexibility index (Phi) is 5.75. The Labute approximate surface area is 179 Å². The number of nitro benzene ring substituents is 1. The number of aryl methyl sites for hydroxylation is 2. The third kappa shape index (κ3) is 4.03. The van der Waals surface area contributed by atoms with Crippen LogP contribution in [-0.2, 0) is 13.0 Å². The van der Waals surface area contributed by atoms with E-state index in [1.807, 2.05) is 6.07 Å². The number of hydrogen-bond donors (Lipinski definition) is 1. The molecule has 2 heterocycles. The zero-order chi connectivity index (χ0) is 22.0. The fraction of sp³-hybridized carbons (Fsp3) is 0.364.